The van der Waals surface area contributed by atoms with Gasteiger partial charge >= 0.3 is 0 Å². The summed E-state index contributed by atoms with van der Waals surface area (Å²) in [5.74, 6) is -0.122. The van der Waals surface area contributed by atoms with Crippen LogP contribution in [0.4, 0.5) is 0 Å². The molecule has 1 aromatic heterocycles. The topological polar surface area (TPSA) is 47.0 Å². The monoisotopic (exact) mass is 229 g/mol. The molecule has 1 heterocycles. The van der Waals surface area contributed by atoms with Crippen molar-refractivity contribution in [2.24, 2.45) is 0 Å². The van der Waals surface area contributed by atoms with E-state index in [1.165, 1.54) is 0 Å². The number of hydrogen-bond acceptors (Lipinski definition) is 3. The number of aromatic nitrogens is 1. The van der Waals surface area contributed by atoms with Crippen molar-refractivity contribution in [3.63, 3.8) is 0 Å². The van der Waals surface area contributed by atoms with Crippen molar-refractivity contribution in [2.45, 2.75) is 20.3 Å². The predicted octanol–water partition coefficient (Wildman–Crippen LogP) is 2.59. The lowest BCUT2D eigenvalue weighted by atomic mass is 9.95. The van der Waals surface area contributed by atoms with Gasteiger partial charge in [0, 0.05) is 18.8 Å². The van der Waals surface area contributed by atoms with E-state index in [1.807, 2.05) is 32.1 Å². The number of aldehydes is 1. The van der Waals surface area contributed by atoms with Gasteiger partial charge in [0.1, 0.15) is 0 Å². The van der Waals surface area contributed by atoms with Crippen molar-refractivity contribution in [1.82, 2.24) is 4.98 Å². The minimum Gasteiger partial charge on any atom is -0.298 e. The van der Waals surface area contributed by atoms with E-state index >= 15 is 0 Å². The zero-order valence-corrected chi connectivity index (χ0v) is 10.0. The molecule has 0 spiro atoms. The molecule has 0 unspecified atom stereocenters. The van der Waals surface area contributed by atoms with Gasteiger partial charge in [0.2, 0.25) is 0 Å². The Morgan fingerprint density at radius 1 is 1.24 bits per heavy atom. The summed E-state index contributed by atoms with van der Waals surface area (Å²) in [6.07, 6.45) is 7.71. The number of ketones is 1. The number of Topliss-reactive ketones (excluding diaryl/α,β-unsaturated/α-hetero) is 1. The Bertz CT molecular complexity index is 458. The highest BCUT2D eigenvalue weighted by Gasteiger charge is 2.13. The maximum Gasteiger partial charge on any atom is 0.169 e. The lowest BCUT2D eigenvalue weighted by Crippen LogP contribution is -2.06. The highest BCUT2D eigenvalue weighted by molar-refractivity contribution is 6.15. The largest absolute Gasteiger partial charge is 0.298 e. The normalized spacial score (nSPS) is 14.1. The van der Waals surface area contributed by atoms with Crippen LogP contribution in [0.15, 0.2) is 42.3 Å². The first-order valence-corrected chi connectivity index (χ1v) is 5.62. The molecule has 1 aliphatic carbocycles. The third-order valence-electron chi connectivity index (χ3n) is 2.28. The van der Waals surface area contributed by atoms with Gasteiger partial charge in [-0.15, -0.1) is 0 Å². The van der Waals surface area contributed by atoms with Crippen LogP contribution in [-0.4, -0.2) is 17.1 Å². The minimum absolute atomic E-state index is 0.122. The third kappa shape index (κ3) is 3.21. The van der Waals surface area contributed by atoms with Gasteiger partial charge < -0.3 is 0 Å². The maximum atomic E-state index is 11.2. The molecule has 0 atom stereocenters. The highest BCUT2D eigenvalue weighted by Crippen LogP contribution is 2.21. The number of hydrogen-bond donors (Lipinski definition) is 0. The van der Waals surface area contributed by atoms with Crippen molar-refractivity contribution in [1.29, 1.82) is 0 Å². The Labute approximate surface area is 101 Å². The van der Waals surface area contributed by atoms with E-state index in [1.54, 1.807) is 18.5 Å². The van der Waals surface area contributed by atoms with Gasteiger partial charge in [0.15, 0.2) is 12.1 Å². The number of carbonyl (C=O) groups excluding carboxylic acids is 2. The minimum atomic E-state index is -0.122. The molecule has 0 radical (unpaired) electrons. The zero-order chi connectivity index (χ0) is 12.7. The van der Waals surface area contributed by atoms with Crippen LogP contribution in [0, 0.1) is 0 Å². The van der Waals surface area contributed by atoms with Crippen molar-refractivity contribution in [2.75, 3.05) is 0 Å². The average Bonchev–Trinajstić information content (AvgIpc) is 2.42. The Morgan fingerprint density at radius 2 is 1.88 bits per heavy atom. The number of allylic oxidation sites excluding steroid dienone is 4. The second-order valence-electron chi connectivity index (χ2n) is 3.24. The first-order chi connectivity index (χ1) is 8.31. The standard InChI is InChI=1S/C12H9NO2.C2H6/c14-8-11-7-10(1-2-12(11)15)9-3-5-13-6-4-9;1-2/h1,3-8H,2H2;1-2H3. The molecular weight excluding hydrogens is 214 g/mol. The summed E-state index contributed by atoms with van der Waals surface area (Å²) >= 11 is 0. The van der Waals surface area contributed by atoms with E-state index in [2.05, 4.69) is 4.98 Å². The summed E-state index contributed by atoms with van der Waals surface area (Å²) in [4.78, 5) is 25.8. The van der Waals surface area contributed by atoms with E-state index in [-0.39, 0.29) is 11.4 Å². The SMILES string of the molecule is CC.O=CC1=CC(c2ccncc2)=CCC1=O. The first kappa shape index (κ1) is 13.0. The molecule has 0 N–H and O–H groups in total. The molecule has 3 heteroatoms. The van der Waals surface area contributed by atoms with E-state index < -0.39 is 0 Å². The van der Waals surface area contributed by atoms with Gasteiger partial charge in [0.25, 0.3) is 0 Å². The summed E-state index contributed by atoms with van der Waals surface area (Å²) in [7, 11) is 0. The van der Waals surface area contributed by atoms with Gasteiger partial charge in [-0.25, -0.2) is 0 Å². The molecule has 2 rings (SSSR count). The number of rotatable bonds is 2. The molecule has 88 valence electrons. The molecule has 0 fully saturated rings. The predicted molar refractivity (Wildman–Crippen MR) is 67.3 cm³/mol. The van der Waals surface area contributed by atoms with Crippen molar-refractivity contribution in [3.8, 4) is 0 Å². The van der Waals surface area contributed by atoms with Gasteiger partial charge in [0.05, 0.1) is 5.57 Å². The van der Waals surface area contributed by atoms with Crippen LogP contribution in [-0.2, 0) is 9.59 Å². The molecule has 1 aliphatic rings. The van der Waals surface area contributed by atoms with E-state index in [4.69, 9.17) is 0 Å². The first-order valence-electron chi connectivity index (χ1n) is 5.62. The van der Waals surface area contributed by atoms with Crippen LogP contribution in [0.2, 0.25) is 0 Å². The van der Waals surface area contributed by atoms with Crippen LogP contribution < -0.4 is 0 Å². The van der Waals surface area contributed by atoms with Crippen molar-refractivity contribution < 1.29 is 9.59 Å². The molecule has 0 aliphatic heterocycles. The van der Waals surface area contributed by atoms with Gasteiger partial charge in [-0.1, -0.05) is 19.9 Å². The quantitative estimate of drug-likeness (QED) is 0.578. The molecule has 0 saturated heterocycles. The lowest BCUT2D eigenvalue weighted by Gasteiger charge is -2.08. The molecule has 0 amide bonds. The maximum absolute atomic E-state index is 11.2. The van der Waals surface area contributed by atoms with Crippen molar-refractivity contribution in [3.05, 3.63) is 47.8 Å². The van der Waals surface area contributed by atoms with Crippen LogP contribution in [0.1, 0.15) is 25.8 Å². The Kier molecular flexibility index (Phi) is 5.01. The Morgan fingerprint density at radius 3 is 2.47 bits per heavy atom. The number of nitrogens with zero attached hydrogens (tertiary/aromatic N) is 1. The number of pyridine rings is 1. The summed E-state index contributed by atoms with van der Waals surface area (Å²) < 4.78 is 0. The molecule has 3 nitrogen and oxygen atoms in total. The van der Waals surface area contributed by atoms with Crippen LogP contribution >= 0.6 is 0 Å². The summed E-state index contributed by atoms with van der Waals surface area (Å²) in [5.41, 5.74) is 2.11. The fraction of sp³-hybridized carbons (Fsp3) is 0.214. The fourth-order valence-corrected chi connectivity index (χ4v) is 1.47. The molecule has 1 aromatic rings. The van der Waals surface area contributed by atoms with E-state index in [0.29, 0.717) is 12.7 Å². The molecule has 0 aromatic carbocycles. The third-order valence-corrected chi connectivity index (χ3v) is 2.28. The second kappa shape index (κ2) is 6.53. The van der Waals surface area contributed by atoms with Crippen LogP contribution in [0.5, 0.6) is 0 Å². The molecule has 0 saturated carbocycles. The highest BCUT2D eigenvalue weighted by atomic mass is 16.1. The molecule has 17 heavy (non-hydrogen) atoms. The van der Waals surface area contributed by atoms with Gasteiger partial charge in [-0.3, -0.25) is 14.6 Å². The molecule has 0 bridgehead atoms. The Hall–Kier alpha value is -2.03. The summed E-state index contributed by atoms with van der Waals surface area (Å²) in [6.45, 7) is 4.00. The number of carbonyl (C=O) groups is 2. The summed E-state index contributed by atoms with van der Waals surface area (Å²) in [6, 6.07) is 3.70. The van der Waals surface area contributed by atoms with E-state index in [0.717, 1.165) is 11.1 Å². The Balaban J connectivity index is 0.000000686. The van der Waals surface area contributed by atoms with Crippen LogP contribution in [0.25, 0.3) is 5.57 Å². The fourth-order valence-electron chi connectivity index (χ4n) is 1.47. The second-order valence-corrected chi connectivity index (χ2v) is 3.24. The zero-order valence-electron chi connectivity index (χ0n) is 10.0. The van der Waals surface area contributed by atoms with Crippen molar-refractivity contribution >= 4 is 17.6 Å². The average molecular weight is 229 g/mol. The smallest absolute Gasteiger partial charge is 0.169 e. The van der Waals surface area contributed by atoms with Gasteiger partial charge in [-0.2, -0.15) is 0 Å². The van der Waals surface area contributed by atoms with E-state index in [9.17, 15) is 9.59 Å². The van der Waals surface area contributed by atoms with Crippen LogP contribution in [0.3, 0.4) is 0 Å². The lowest BCUT2D eigenvalue weighted by molar-refractivity contribution is -0.117. The molecular formula is C14H15NO2. The van der Waals surface area contributed by atoms with Gasteiger partial charge in [-0.05, 0) is 29.3 Å². The summed E-state index contributed by atoms with van der Waals surface area (Å²) in [5, 5.41) is 0.